The second kappa shape index (κ2) is 7.02. The van der Waals surface area contributed by atoms with Crippen molar-refractivity contribution in [2.75, 3.05) is 0 Å². The normalized spacial score (nSPS) is 23.1. The summed E-state index contributed by atoms with van der Waals surface area (Å²) in [4.78, 5) is 10.4. The number of hydrogen-bond acceptors (Lipinski definition) is 5. The zero-order valence-electron chi connectivity index (χ0n) is 15.8. The van der Waals surface area contributed by atoms with E-state index < -0.39 is 27.2 Å². The Bertz CT molecular complexity index is 1210. The highest BCUT2D eigenvalue weighted by molar-refractivity contribution is 7.89. The number of nitro benzene ring substituents is 1. The van der Waals surface area contributed by atoms with Gasteiger partial charge >= 0.3 is 0 Å². The Morgan fingerprint density at radius 1 is 0.933 bits per heavy atom. The lowest BCUT2D eigenvalue weighted by atomic mass is 10.1. The predicted octanol–water partition coefficient (Wildman–Crippen LogP) is 3.98. The van der Waals surface area contributed by atoms with Crippen molar-refractivity contribution in [2.45, 2.75) is 29.7 Å². The maximum Gasteiger partial charge on any atom is 0.269 e. The van der Waals surface area contributed by atoms with Crippen LogP contribution in [0, 0.1) is 10.1 Å². The summed E-state index contributed by atoms with van der Waals surface area (Å²) in [5.41, 5.74) is 2.60. The van der Waals surface area contributed by atoms with Crippen molar-refractivity contribution in [3.63, 3.8) is 0 Å². The highest BCUT2D eigenvalue weighted by atomic mass is 32.2. The molecule has 1 saturated heterocycles. The van der Waals surface area contributed by atoms with E-state index >= 15 is 0 Å². The van der Waals surface area contributed by atoms with E-state index in [1.165, 1.54) is 28.6 Å². The lowest BCUT2D eigenvalue weighted by Gasteiger charge is -2.27. The quantitative estimate of drug-likeness (QED) is 0.469. The Morgan fingerprint density at radius 2 is 1.60 bits per heavy atom. The smallest absolute Gasteiger partial charge is 0.269 e. The highest BCUT2D eigenvalue weighted by Gasteiger charge is 2.53. The van der Waals surface area contributed by atoms with Crippen LogP contribution in [0.4, 0.5) is 5.69 Å². The third-order valence-electron chi connectivity index (χ3n) is 5.66. The molecule has 3 atom stereocenters. The zero-order chi connectivity index (χ0) is 20.9. The fraction of sp³-hybridized carbons (Fsp3) is 0.182. The summed E-state index contributed by atoms with van der Waals surface area (Å²) in [5.74, 6) is 0. The molecule has 0 radical (unpaired) electrons. The maximum atomic E-state index is 13.7. The minimum Gasteiger partial charge on any atom is -0.352 e. The third-order valence-corrected chi connectivity index (χ3v) is 7.51. The van der Waals surface area contributed by atoms with E-state index in [2.05, 4.69) is 0 Å². The van der Waals surface area contributed by atoms with Crippen molar-refractivity contribution >= 4 is 15.7 Å². The van der Waals surface area contributed by atoms with Gasteiger partial charge in [-0.25, -0.2) is 8.42 Å². The van der Waals surface area contributed by atoms with Crippen molar-refractivity contribution in [3.05, 3.63) is 106 Å². The second-order valence-corrected chi connectivity index (χ2v) is 9.21. The Balaban J connectivity index is 1.63. The Hall–Kier alpha value is -3.07. The van der Waals surface area contributed by atoms with E-state index in [0.29, 0.717) is 6.42 Å². The summed E-state index contributed by atoms with van der Waals surface area (Å²) in [5, 5.41) is 11.0. The van der Waals surface area contributed by atoms with E-state index in [-0.39, 0.29) is 16.7 Å². The number of hydrogen-bond donors (Lipinski definition) is 0. The van der Waals surface area contributed by atoms with Gasteiger partial charge in [0.15, 0.2) is 6.23 Å². The minimum absolute atomic E-state index is 0.00247. The molecule has 0 bridgehead atoms. The first-order valence-electron chi connectivity index (χ1n) is 9.53. The Kier molecular flexibility index (Phi) is 4.43. The van der Waals surface area contributed by atoms with Crippen LogP contribution in [0.5, 0.6) is 0 Å². The van der Waals surface area contributed by atoms with E-state index in [4.69, 9.17) is 4.74 Å². The van der Waals surface area contributed by atoms with Gasteiger partial charge in [-0.15, -0.1) is 0 Å². The SMILES string of the molecule is O=[N+]([O-])c1ccc(S(=O)(=O)N2C(c3ccccc3)O[C@H]3Cc4ccccc4[C@H]32)cc1. The van der Waals surface area contributed by atoms with Gasteiger partial charge in [0.25, 0.3) is 5.69 Å². The van der Waals surface area contributed by atoms with E-state index in [0.717, 1.165) is 16.7 Å². The van der Waals surface area contributed by atoms with Crippen LogP contribution in [0.1, 0.15) is 29.0 Å². The number of rotatable bonds is 4. The highest BCUT2D eigenvalue weighted by Crippen LogP contribution is 2.51. The molecule has 0 aromatic heterocycles. The van der Waals surface area contributed by atoms with E-state index in [9.17, 15) is 18.5 Å². The molecule has 3 aromatic carbocycles. The molecule has 30 heavy (non-hydrogen) atoms. The van der Waals surface area contributed by atoms with Gasteiger partial charge in [-0.3, -0.25) is 10.1 Å². The van der Waals surface area contributed by atoms with Crippen molar-refractivity contribution < 1.29 is 18.1 Å². The molecule has 0 spiro atoms. The van der Waals surface area contributed by atoms with Crippen molar-refractivity contribution in [3.8, 4) is 0 Å². The van der Waals surface area contributed by atoms with Gasteiger partial charge < -0.3 is 4.74 Å². The van der Waals surface area contributed by atoms with E-state index in [1.54, 1.807) is 0 Å². The zero-order valence-corrected chi connectivity index (χ0v) is 16.6. The number of sulfonamides is 1. The molecular formula is C22H18N2O5S. The lowest BCUT2D eigenvalue weighted by Crippen LogP contribution is -2.34. The third kappa shape index (κ3) is 2.92. The van der Waals surface area contributed by atoms with Gasteiger partial charge in [0.1, 0.15) is 0 Å². The standard InChI is InChI=1S/C22H18N2O5S/c25-24(26)17-10-12-18(13-11-17)30(27,28)23-21-19-9-5-4-8-16(19)14-20(21)29-22(23)15-6-2-1-3-7-15/h1-13,20-22H,14H2/t20-,21+,22?/m0/s1. The Labute approximate surface area is 173 Å². The fourth-order valence-corrected chi connectivity index (χ4v) is 6.01. The molecule has 1 fully saturated rings. The number of fused-ring (bicyclic) bond motifs is 3. The van der Waals surface area contributed by atoms with Crippen LogP contribution < -0.4 is 0 Å². The second-order valence-electron chi connectivity index (χ2n) is 7.37. The molecule has 2 aliphatic rings. The molecule has 1 aliphatic heterocycles. The predicted molar refractivity (Wildman–Crippen MR) is 109 cm³/mol. The van der Waals surface area contributed by atoms with Crippen molar-refractivity contribution in [1.82, 2.24) is 4.31 Å². The minimum atomic E-state index is -3.99. The monoisotopic (exact) mass is 422 g/mol. The van der Waals surface area contributed by atoms with Gasteiger partial charge in [0.05, 0.1) is 22.0 Å². The molecule has 8 heteroatoms. The topological polar surface area (TPSA) is 89.8 Å². The molecule has 1 unspecified atom stereocenters. The van der Waals surface area contributed by atoms with Crippen LogP contribution in [-0.4, -0.2) is 23.8 Å². The van der Waals surface area contributed by atoms with E-state index in [1.807, 2.05) is 54.6 Å². The fourth-order valence-electron chi connectivity index (χ4n) is 4.31. The van der Waals surface area contributed by atoms with Gasteiger partial charge in [-0.1, -0.05) is 54.6 Å². The van der Waals surface area contributed by atoms with Gasteiger partial charge in [-0.2, -0.15) is 4.31 Å². The number of nitro groups is 1. The summed E-state index contributed by atoms with van der Waals surface area (Å²) in [7, 11) is -3.99. The molecule has 3 aromatic rings. The molecule has 1 aliphatic carbocycles. The molecule has 5 rings (SSSR count). The first-order chi connectivity index (χ1) is 14.5. The molecule has 0 amide bonds. The summed E-state index contributed by atoms with van der Waals surface area (Å²) < 4.78 is 35.1. The van der Waals surface area contributed by atoms with Crippen LogP contribution in [-0.2, 0) is 21.2 Å². The number of non-ortho nitro benzene ring substituents is 1. The van der Waals surface area contributed by atoms with Crippen LogP contribution >= 0.6 is 0 Å². The van der Waals surface area contributed by atoms with Crippen LogP contribution in [0.3, 0.4) is 0 Å². The summed E-state index contributed by atoms with van der Waals surface area (Å²) in [6.07, 6.45) is -0.425. The number of benzene rings is 3. The lowest BCUT2D eigenvalue weighted by molar-refractivity contribution is -0.384. The molecule has 1 heterocycles. The molecule has 152 valence electrons. The van der Waals surface area contributed by atoms with Crippen LogP contribution in [0.25, 0.3) is 0 Å². The summed E-state index contributed by atoms with van der Waals surface area (Å²) >= 11 is 0. The molecular weight excluding hydrogens is 404 g/mol. The van der Waals surface area contributed by atoms with Gasteiger partial charge in [-0.05, 0) is 28.8 Å². The summed E-state index contributed by atoms with van der Waals surface area (Å²) in [6, 6.07) is 21.5. The first kappa shape index (κ1) is 18.9. The molecule has 0 saturated carbocycles. The average Bonchev–Trinajstić information content (AvgIpc) is 3.31. The first-order valence-corrected chi connectivity index (χ1v) is 11.0. The number of nitrogens with zero attached hydrogens (tertiary/aromatic N) is 2. The maximum absolute atomic E-state index is 13.7. The number of ether oxygens (including phenoxy) is 1. The Morgan fingerprint density at radius 3 is 2.30 bits per heavy atom. The molecule has 0 N–H and O–H groups in total. The average molecular weight is 422 g/mol. The van der Waals surface area contributed by atoms with Crippen LogP contribution in [0.15, 0.2) is 83.8 Å². The van der Waals surface area contributed by atoms with Crippen LogP contribution in [0.2, 0.25) is 0 Å². The van der Waals surface area contributed by atoms with Gasteiger partial charge in [0, 0.05) is 18.6 Å². The van der Waals surface area contributed by atoms with Crippen molar-refractivity contribution in [1.29, 1.82) is 0 Å². The summed E-state index contributed by atoms with van der Waals surface area (Å²) in [6.45, 7) is 0. The largest absolute Gasteiger partial charge is 0.352 e. The van der Waals surface area contributed by atoms with Crippen molar-refractivity contribution in [2.24, 2.45) is 0 Å². The van der Waals surface area contributed by atoms with Gasteiger partial charge in [0.2, 0.25) is 10.0 Å². The molecule has 7 nitrogen and oxygen atoms in total.